The second-order valence-electron chi connectivity index (χ2n) is 6.41. The number of pyridine rings is 1. The van der Waals surface area contributed by atoms with Gasteiger partial charge < -0.3 is 10.4 Å². The highest BCUT2D eigenvalue weighted by molar-refractivity contribution is 9.10. The van der Waals surface area contributed by atoms with Gasteiger partial charge >= 0.3 is 5.97 Å². The molecule has 4 unspecified atom stereocenters. The second-order valence-corrected chi connectivity index (χ2v) is 7.33. The van der Waals surface area contributed by atoms with Gasteiger partial charge in [-0.2, -0.15) is 0 Å². The third-order valence-electron chi connectivity index (χ3n) is 5.41. The fourth-order valence-electron chi connectivity index (χ4n) is 4.35. The minimum atomic E-state index is -0.868. The zero-order valence-corrected chi connectivity index (χ0v) is 13.3. The molecule has 0 saturated heterocycles. The van der Waals surface area contributed by atoms with E-state index >= 15 is 0 Å². The van der Waals surface area contributed by atoms with Gasteiger partial charge in [-0.3, -0.25) is 9.59 Å². The molecule has 0 aromatic carbocycles. The van der Waals surface area contributed by atoms with Crippen LogP contribution in [0.25, 0.3) is 0 Å². The Hall–Kier alpha value is -1.69. The summed E-state index contributed by atoms with van der Waals surface area (Å²) >= 11 is 3.29. The van der Waals surface area contributed by atoms with Crippen LogP contribution in [-0.4, -0.2) is 22.0 Å². The van der Waals surface area contributed by atoms with Gasteiger partial charge in [-0.15, -0.1) is 0 Å². The van der Waals surface area contributed by atoms with Crippen molar-refractivity contribution in [2.45, 2.75) is 12.8 Å². The number of carboxylic acid groups (broad SMARTS) is 1. The standard InChI is InChI=1S/C16H15BrN2O3/c17-8-1-4-11(18-7-8)19-14(20)12-9-2-3-10(13(12)15(21)22)16(9)5-6-16/h1-4,7,9-10,12-13H,5-6H2,(H,21,22)(H,18,19,20). The van der Waals surface area contributed by atoms with Gasteiger partial charge in [0.25, 0.3) is 0 Å². The number of anilines is 1. The molecule has 2 N–H and O–H groups in total. The van der Waals surface area contributed by atoms with Crippen LogP contribution in [0.15, 0.2) is 35.0 Å². The van der Waals surface area contributed by atoms with Gasteiger partial charge in [-0.25, -0.2) is 4.98 Å². The molecule has 2 bridgehead atoms. The van der Waals surface area contributed by atoms with Crippen LogP contribution in [0.3, 0.4) is 0 Å². The highest BCUT2D eigenvalue weighted by Crippen LogP contribution is 2.72. The molecule has 4 atom stereocenters. The molecule has 5 nitrogen and oxygen atoms in total. The summed E-state index contributed by atoms with van der Waals surface area (Å²) in [6.45, 7) is 0. The van der Waals surface area contributed by atoms with Crippen molar-refractivity contribution in [2.75, 3.05) is 5.32 Å². The van der Waals surface area contributed by atoms with Crippen molar-refractivity contribution in [2.24, 2.45) is 29.1 Å². The van der Waals surface area contributed by atoms with E-state index in [9.17, 15) is 14.7 Å². The summed E-state index contributed by atoms with van der Waals surface area (Å²) in [6, 6.07) is 3.49. The van der Waals surface area contributed by atoms with Crippen LogP contribution in [0.5, 0.6) is 0 Å². The van der Waals surface area contributed by atoms with Gasteiger partial charge in [0.1, 0.15) is 5.82 Å². The lowest BCUT2D eigenvalue weighted by atomic mass is 9.82. The fourth-order valence-corrected chi connectivity index (χ4v) is 4.58. The number of aliphatic carboxylic acids is 1. The number of aromatic nitrogens is 1. The van der Waals surface area contributed by atoms with Crippen LogP contribution in [0, 0.1) is 29.1 Å². The summed E-state index contributed by atoms with van der Waals surface area (Å²) in [6.07, 6.45) is 7.72. The third-order valence-corrected chi connectivity index (χ3v) is 5.88. The van der Waals surface area contributed by atoms with Crippen molar-refractivity contribution < 1.29 is 14.7 Å². The zero-order valence-electron chi connectivity index (χ0n) is 11.7. The molecule has 2 saturated carbocycles. The Morgan fingerprint density at radius 2 is 1.91 bits per heavy atom. The van der Waals surface area contributed by atoms with Crippen LogP contribution in [-0.2, 0) is 9.59 Å². The number of hydrogen-bond acceptors (Lipinski definition) is 3. The molecule has 3 aliphatic rings. The predicted molar refractivity (Wildman–Crippen MR) is 83.0 cm³/mol. The maximum absolute atomic E-state index is 12.7. The summed E-state index contributed by atoms with van der Waals surface area (Å²) in [4.78, 5) is 28.5. The number of hydrogen-bond donors (Lipinski definition) is 2. The third kappa shape index (κ3) is 1.86. The molecular weight excluding hydrogens is 348 g/mol. The molecule has 4 rings (SSSR count). The lowest BCUT2D eigenvalue weighted by molar-refractivity contribution is -0.146. The Bertz CT molecular complexity index is 681. The first-order chi connectivity index (χ1) is 10.5. The molecule has 3 aliphatic carbocycles. The number of amides is 1. The topological polar surface area (TPSA) is 79.3 Å². The second kappa shape index (κ2) is 4.65. The fraction of sp³-hybridized carbons (Fsp3) is 0.438. The molecule has 2 fully saturated rings. The van der Waals surface area contributed by atoms with Gasteiger partial charge in [0.15, 0.2) is 0 Å². The predicted octanol–water partition coefficient (Wildman–Crippen LogP) is 2.70. The smallest absolute Gasteiger partial charge is 0.307 e. The summed E-state index contributed by atoms with van der Waals surface area (Å²) in [7, 11) is 0. The molecule has 1 aromatic heterocycles. The van der Waals surface area contributed by atoms with E-state index in [1.54, 1.807) is 18.3 Å². The van der Waals surface area contributed by atoms with Gasteiger partial charge in [0.2, 0.25) is 5.91 Å². The highest BCUT2D eigenvalue weighted by atomic mass is 79.9. The Morgan fingerprint density at radius 1 is 1.23 bits per heavy atom. The lowest BCUT2D eigenvalue weighted by Crippen LogP contribution is -2.36. The summed E-state index contributed by atoms with van der Waals surface area (Å²) in [5.41, 5.74) is 0.0399. The molecule has 1 heterocycles. The van der Waals surface area contributed by atoms with Gasteiger partial charge in [0, 0.05) is 10.7 Å². The Balaban J connectivity index is 1.60. The van der Waals surface area contributed by atoms with E-state index in [-0.39, 0.29) is 23.2 Å². The number of nitrogens with one attached hydrogen (secondary N) is 1. The number of halogens is 1. The van der Waals surface area contributed by atoms with Crippen molar-refractivity contribution >= 4 is 33.6 Å². The van der Waals surface area contributed by atoms with E-state index in [2.05, 4.69) is 32.3 Å². The molecule has 0 radical (unpaired) electrons. The average molecular weight is 363 g/mol. The first-order valence-electron chi connectivity index (χ1n) is 7.36. The van der Waals surface area contributed by atoms with Crippen molar-refractivity contribution in [1.82, 2.24) is 4.98 Å². The first kappa shape index (κ1) is 13.9. The normalized spacial score (nSPS) is 33.1. The SMILES string of the molecule is O=C(O)C1C(C(=O)Nc2ccc(Br)cn2)C2C=CC1C21CC1. The quantitative estimate of drug-likeness (QED) is 0.810. The van der Waals surface area contributed by atoms with Crippen LogP contribution in [0.2, 0.25) is 0 Å². The van der Waals surface area contributed by atoms with E-state index in [0.29, 0.717) is 5.82 Å². The van der Waals surface area contributed by atoms with E-state index in [1.807, 2.05) is 6.08 Å². The van der Waals surface area contributed by atoms with Gasteiger partial charge in [-0.1, -0.05) is 12.2 Å². The van der Waals surface area contributed by atoms with Crippen molar-refractivity contribution in [1.29, 1.82) is 0 Å². The number of carbonyl (C=O) groups excluding carboxylic acids is 1. The lowest BCUT2D eigenvalue weighted by Gasteiger charge is -2.23. The molecule has 1 aromatic rings. The molecule has 1 spiro atoms. The number of rotatable bonds is 3. The van der Waals surface area contributed by atoms with Crippen LogP contribution in [0.1, 0.15) is 12.8 Å². The Kier molecular flexibility index (Phi) is 2.95. The minimum Gasteiger partial charge on any atom is -0.481 e. The maximum atomic E-state index is 12.7. The largest absolute Gasteiger partial charge is 0.481 e. The number of allylic oxidation sites excluding steroid dienone is 2. The molecule has 6 heteroatoms. The minimum absolute atomic E-state index is 0.00336. The number of nitrogens with zero attached hydrogens (tertiary/aromatic N) is 1. The van der Waals surface area contributed by atoms with Crippen molar-refractivity contribution in [3.05, 3.63) is 35.0 Å². The Morgan fingerprint density at radius 3 is 2.45 bits per heavy atom. The van der Waals surface area contributed by atoms with Crippen LogP contribution in [0.4, 0.5) is 5.82 Å². The van der Waals surface area contributed by atoms with Crippen LogP contribution >= 0.6 is 15.9 Å². The molecular formula is C16H15BrN2O3. The summed E-state index contributed by atoms with van der Waals surface area (Å²) in [5.74, 6) is -1.71. The van der Waals surface area contributed by atoms with E-state index in [1.165, 1.54) is 0 Å². The average Bonchev–Trinajstić information content (AvgIpc) is 3.15. The summed E-state index contributed by atoms with van der Waals surface area (Å²) in [5, 5.41) is 12.4. The van der Waals surface area contributed by atoms with E-state index < -0.39 is 17.8 Å². The first-order valence-corrected chi connectivity index (χ1v) is 8.16. The molecule has 114 valence electrons. The number of carboxylic acids is 1. The van der Waals surface area contributed by atoms with Crippen LogP contribution < -0.4 is 5.32 Å². The van der Waals surface area contributed by atoms with Gasteiger partial charge in [-0.05, 0) is 58.2 Å². The Labute approximate surface area is 135 Å². The van der Waals surface area contributed by atoms with Crippen molar-refractivity contribution in [3.63, 3.8) is 0 Å². The molecule has 0 aliphatic heterocycles. The molecule has 22 heavy (non-hydrogen) atoms. The molecule has 1 amide bonds. The van der Waals surface area contributed by atoms with Crippen molar-refractivity contribution in [3.8, 4) is 0 Å². The number of carbonyl (C=O) groups is 2. The van der Waals surface area contributed by atoms with E-state index in [4.69, 9.17) is 0 Å². The highest BCUT2D eigenvalue weighted by Gasteiger charge is 2.70. The maximum Gasteiger partial charge on any atom is 0.307 e. The monoisotopic (exact) mass is 362 g/mol. The zero-order chi connectivity index (χ0) is 15.5. The van der Waals surface area contributed by atoms with Gasteiger partial charge in [0.05, 0.1) is 11.8 Å². The van der Waals surface area contributed by atoms with E-state index in [0.717, 1.165) is 17.3 Å². The summed E-state index contributed by atoms with van der Waals surface area (Å²) < 4.78 is 0.828.